The Labute approximate surface area is 120 Å². The van der Waals surface area contributed by atoms with Crippen molar-refractivity contribution in [2.45, 2.75) is 51.2 Å². The number of amides is 1. The highest BCUT2D eigenvalue weighted by Gasteiger charge is 2.40. The standard InChI is InChI=1S/C16H24N2O2/c1-15(2,3)20-14(19)18-13-7-5-6-12(10-13)11-16(17-4)8-9-16/h5-7,10,17H,8-9,11H2,1-4H3,(H,18,19). The van der Waals surface area contributed by atoms with E-state index in [4.69, 9.17) is 4.74 Å². The van der Waals surface area contributed by atoms with Crippen molar-refractivity contribution in [2.75, 3.05) is 12.4 Å². The van der Waals surface area contributed by atoms with E-state index in [0.29, 0.717) is 0 Å². The molecule has 4 heteroatoms. The van der Waals surface area contributed by atoms with Gasteiger partial charge < -0.3 is 10.1 Å². The number of benzene rings is 1. The summed E-state index contributed by atoms with van der Waals surface area (Å²) in [4.78, 5) is 11.7. The molecule has 4 nitrogen and oxygen atoms in total. The highest BCUT2D eigenvalue weighted by Crippen LogP contribution is 2.38. The summed E-state index contributed by atoms with van der Waals surface area (Å²) in [5.41, 5.74) is 1.80. The van der Waals surface area contributed by atoms with Crippen LogP contribution in [0.3, 0.4) is 0 Å². The second kappa shape index (κ2) is 5.44. The molecule has 110 valence electrons. The molecule has 0 aromatic heterocycles. The fraction of sp³-hybridized carbons (Fsp3) is 0.562. The van der Waals surface area contributed by atoms with Gasteiger partial charge in [-0.05, 0) is 64.8 Å². The van der Waals surface area contributed by atoms with Gasteiger partial charge in [0.05, 0.1) is 0 Å². The Morgan fingerprint density at radius 1 is 1.35 bits per heavy atom. The van der Waals surface area contributed by atoms with Gasteiger partial charge in [0.2, 0.25) is 0 Å². The number of anilines is 1. The van der Waals surface area contributed by atoms with E-state index in [1.165, 1.54) is 18.4 Å². The summed E-state index contributed by atoms with van der Waals surface area (Å²) >= 11 is 0. The second-order valence-electron chi connectivity index (χ2n) is 6.53. The average Bonchev–Trinajstić information content (AvgIpc) is 3.07. The Balaban J connectivity index is 1.97. The molecular formula is C16H24N2O2. The lowest BCUT2D eigenvalue weighted by molar-refractivity contribution is 0.0636. The molecule has 0 aliphatic heterocycles. The third kappa shape index (κ3) is 4.23. The van der Waals surface area contributed by atoms with Crippen molar-refractivity contribution in [1.82, 2.24) is 5.32 Å². The lowest BCUT2D eigenvalue weighted by Gasteiger charge is -2.20. The summed E-state index contributed by atoms with van der Waals surface area (Å²) in [5, 5.41) is 6.16. The first-order valence-electron chi connectivity index (χ1n) is 7.10. The van der Waals surface area contributed by atoms with Crippen LogP contribution in [0.2, 0.25) is 0 Å². The molecule has 1 saturated carbocycles. The molecule has 0 atom stereocenters. The Morgan fingerprint density at radius 3 is 2.60 bits per heavy atom. The summed E-state index contributed by atoms with van der Waals surface area (Å²) in [6.45, 7) is 5.56. The molecular weight excluding hydrogens is 252 g/mol. The maximum absolute atomic E-state index is 11.7. The molecule has 0 unspecified atom stereocenters. The number of rotatable bonds is 4. The van der Waals surface area contributed by atoms with Crippen molar-refractivity contribution in [1.29, 1.82) is 0 Å². The minimum absolute atomic E-state index is 0.268. The molecule has 1 aliphatic rings. The number of hydrogen-bond acceptors (Lipinski definition) is 3. The number of carbonyl (C=O) groups excluding carboxylic acids is 1. The molecule has 0 heterocycles. The van der Waals surface area contributed by atoms with Crippen LogP contribution in [0.5, 0.6) is 0 Å². The van der Waals surface area contributed by atoms with Crippen molar-refractivity contribution in [3.8, 4) is 0 Å². The highest BCUT2D eigenvalue weighted by molar-refractivity contribution is 5.84. The predicted octanol–water partition coefficient (Wildman–Crippen LogP) is 3.33. The summed E-state index contributed by atoms with van der Waals surface area (Å²) in [6, 6.07) is 7.96. The van der Waals surface area contributed by atoms with Crippen LogP contribution in [0.4, 0.5) is 10.5 Å². The van der Waals surface area contributed by atoms with Gasteiger partial charge in [-0.1, -0.05) is 12.1 Å². The van der Waals surface area contributed by atoms with Gasteiger partial charge in [0.25, 0.3) is 0 Å². The largest absolute Gasteiger partial charge is 0.444 e. The molecule has 0 saturated heterocycles. The molecule has 2 rings (SSSR count). The van der Waals surface area contributed by atoms with Gasteiger partial charge in [-0.25, -0.2) is 4.79 Å². The number of ether oxygens (including phenoxy) is 1. The molecule has 0 bridgehead atoms. The van der Waals surface area contributed by atoms with E-state index in [-0.39, 0.29) is 5.54 Å². The normalized spacial score (nSPS) is 16.6. The molecule has 1 aliphatic carbocycles. The van der Waals surface area contributed by atoms with Crippen LogP contribution in [0.25, 0.3) is 0 Å². The van der Waals surface area contributed by atoms with E-state index in [2.05, 4.69) is 16.7 Å². The van der Waals surface area contributed by atoms with Crippen LogP contribution in [-0.4, -0.2) is 24.3 Å². The van der Waals surface area contributed by atoms with Crippen molar-refractivity contribution in [3.63, 3.8) is 0 Å². The minimum atomic E-state index is -0.480. The monoisotopic (exact) mass is 276 g/mol. The molecule has 2 N–H and O–H groups in total. The third-order valence-electron chi connectivity index (χ3n) is 3.50. The summed E-state index contributed by atoms with van der Waals surface area (Å²) < 4.78 is 5.25. The lowest BCUT2D eigenvalue weighted by atomic mass is 10.0. The minimum Gasteiger partial charge on any atom is -0.444 e. The van der Waals surface area contributed by atoms with Gasteiger partial charge >= 0.3 is 6.09 Å². The first-order chi connectivity index (χ1) is 9.32. The molecule has 1 amide bonds. The van der Waals surface area contributed by atoms with Crippen LogP contribution in [-0.2, 0) is 11.2 Å². The van der Waals surface area contributed by atoms with Crippen LogP contribution in [0.1, 0.15) is 39.2 Å². The van der Waals surface area contributed by atoms with Gasteiger partial charge in [0.1, 0.15) is 5.60 Å². The molecule has 1 aromatic carbocycles. The quantitative estimate of drug-likeness (QED) is 0.887. The SMILES string of the molecule is CNC1(Cc2cccc(NC(=O)OC(C)(C)C)c2)CC1. The average molecular weight is 276 g/mol. The maximum Gasteiger partial charge on any atom is 0.412 e. The van der Waals surface area contributed by atoms with Crippen LogP contribution in [0.15, 0.2) is 24.3 Å². The molecule has 1 aromatic rings. The second-order valence-corrected chi connectivity index (χ2v) is 6.53. The van der Waals surface area contributed by atoms with Crippen LogP contribution >= 0.6 is 0 Å². The van der Waals surface area contributed by atoms with Gasteiger partial charge in [0.15, 0.2) is 0 Å². The molecule has 0 radical (unpaired) electrons. The first kappa shape index (κ1) is 14.9. The van der Waals surface area contributed by atoms with Gasteiger partial charge in [0, 0.05) is 11.2 Å². The lowest BCUT2D eigenvalue weighted by Crippen LogP contribution is -2.29. The van der Waals surface area contributed by atoms with Crippen molar-refractivity contribution >= 4 is 11.8 Å². The molecule has 0 spiro atoms. The van der Waals surface area contributed by atoms with Crippen LogP contribution < -0.4 is 10.6 Å². The van der Waals surface area contributed by atoms with E-state index in [0.717, 1.165) is 12.1 Å². The van der Waals surface area contributed by atoms with Gasteiger partial charge in [-0.3, -0.25) is 5.32 Å². The fourth-order valence-electron chi connectivity index (χ4n) is 2.24. The highest BCUT2D eigenvalue weighted by atomic mass is 16.6. The number of carbonyl (C=O) groups is 1. The van der Waals surface area contributed by atoms with E-state index < -0.39 is 11.7 Å². The van der Waals surface area contributed by atoms with E-state index >= 15 is 0 Å². The van der Waals surface area contributed by atoms with E-state index in [9.17, 15) is 4.79 Å². The van der Waals surface area contributed by atoms with Crippen molar-refractivity contribution in [3.05, 3.63) is 29.8 Å². The molecule has 1 fully saturated rings. The predicted molar refractivity (Wildman–Crippen MR) is 81.0 cm³/mol. The Kier molecular flexibility index (Phi) is 4.04. The number of likely N-dealkylation sites (N-methyl/N-ethyl adjacent to an activating group) is 1. The summed E-state index contributed by atoms with van der Waals surface area (Å²) in [7, 11) is 2.01. The van der Waals surface area contributed by atoms with E-state index in [1.54, 1.807) is 0 Å². The number of nitrogens with one attached hydrogen (secondary N) is 2. The van der Waals surface area contributed by atoms with Crippen molar-refractivity contribution in [2.24, 2.45) is 0 Å². The Morgan fingerprint density at radius 2 is 2.05 bits per heavy atom. The Bertz CT molecular complexity index is 487. The number of hydrogen-bond donors (Lipinski definition) is 2. The topological polar surface area (TPSA) is 50.4 Å². The zero-order chi connectivity index (χ0) is 14.8. The smallest absolute Gasteiger partial charge is 0.412 e. The first-order valence-corrected chi connectivity index (χ1v) is 7.10. The zero-order valence-corrected chi connectivity index (χ0v) is 12.7. The summed E-state index contributed by atoms with van der Waals surface area (Å²) in [6.07, 6.45) is 3.01. The third-order valence-corrected chi connectivity index (χ3v) is 3.50. The van der Waals surface area contributed by atoms with Crippen LogP contribution in [0, 0.1) is 0 Å². The van der Waals surface area contributed by atoms with Crippen molar-refractivity contribution < 1.29 is 9.53 Å². The summed E-state index contributed by atoms with van der Waals surface area (Å²) in [5.74, 6) is 0. The zero-order valence-electron chi connectivity index (χ0n) is 12.7. The fourth-order valence-corrected chi connectivity index (χ4v) is 2.24. The maximum atomic E-state index is 11.7. The molecule has 20 heavy (non-hydrogen) atoms. The van der Waals surface area contributed by atoms with Gasteiger partial charge in [-0.15, -0.1) is 0 Å². The van der Waals surface area contributed by atoms with Gasteiger partial charge in [-0.2, -0.15) is 0 Å². The van der Waals surface area contributed by atoms with E-state index in [1.807, 2.05) is 46.0 Å². The Hall–Kier alpha value is -1.55.